The van der Waals surface area contributed by atoms with Crippen LogP contribution in [-0.2, 0) is 28.5 Å². The van der Waals surface area contributed by atoms with E-state index in [1.807, 2.05) is 30.3 Å². The second-order valence-corrected chi connectivity index (χ2v) is 11.4. The lowest BCUT2D eigenvalue weighted by molar-refractivity contribution is -0.119. The molecule has 39 heavy (non-hydrogen) atoms. The Morgan fingerprint density at radius 3 is 2.64 bits per heavy atom. The Balaban J connectivity index is 1.43. The van der Waals surface area contributed by atoms with Crippen LogP contribution in [0.15, 0.2) is 47.4 Å². The van der Waals surface area contributed by atoms with Gasteiger partial charge in [0, 0.05) is 23.0 Å². The molecule has 0 bridgehead atoms. The number of aryl methyl sites for hydroxylation is 1. The smallest absolute Gasteiger partial charge is 0.407 e. The van der Waals surface area contributed by atoms with Crippen LogP contribution in [0.25, 0.3) is 21.9 Å². The van der Waals surface area contributed by atoms with Crippen LogP contribution in [0.4, 0.5) is 16.3 Å². The molecule has 2 aliphatic rings. The molecular formula is C28H27ClN6O4. The maximum absolute atomic E-state index is 13.8. The van der Waals surface area contributed by atoms with Crippen LogP contribution in [0.3, 0.4) is 0 Å². The van der Waals surface area contributed by atoms with Gasteiger partial charge in [-0.15, -0.1) is 0 Å². The van der Waals surface area contributed by atoms with Gasteiger partial charge in [0.15, 0.2) is 0 Å². The summed E-state index contributed by atoms with van der Waals surface area (Å²) in [5.41, 5.74) is 2.15. The van der Waals surface area contributed by atoms with E-state index in [0.29, 0.717) is 32.9 Å². The maximum atomic E-state index is 13.8. The number of hydrogen-bond donors (Lipinski definition) is 2. The molecule has 0 atom stereocenters. The van der Waals surface area contributed by atoms with Crippen LogP contribution in [0, 0.1) is 0 Å². The third-order valence-corrected chi connectivity index (χ3v) is 7.41. The first-order chi connectivity index (χ1) is 18.5. The summed E-state index contributed by atoms with van der Waals surface area (Å²) in [5, 5.41) is 15.4. The van der Waals surface area contributed by atoms with E-state index in [2.05, 4.69) is 20.6 Å². The molecule has 0 radical (unpaired) electrons. The molecule has 11 heteroatoms. The number of amides is 2. The van der Waals surface area contributed by atoms with Gasteiger partial charge in [-0.05, 0) is 69.0 Å². The number of carbonyl (C=O) groups excluding carboxylic acids is 2. The first-order valence-electron chi connectivity index (χ1n) is 12.6. The van der Waals surface area contributed by atoms with E-state index in [-0.39, 0.29) is 18.0 Å². The van der Waals surface area contributed by atoms with Gasteiger partial charge >= 0.3 is 6.09 Å². The molecule has 1 spiro atoms. The number of anilines is 2. The minimum atomic E-state index is -0.649. The average Bonchev–Trinajstić information content (AvgIpc) is 3.54. The Labute approximate surface area is 228 Å². The van der Waals surface area contributed by atoms with E-state index >= 15 is 0 Å². The van der Waals surface area contributed by atoms with Crippen molar-refractivity contribution in [2.45, 2.75) is 51.2 Å². The van der Waals surface area contributed by atoms with Crippen molar-refractivity contribution in [3.63, 3.8) is 0 Å². The Bertz CT molecular complexity index is 1730. The molecule has 6 rings (SSSR count). The fourth-order valence-electron chi connectivity index (χ4n) is 5.24. The second kappa shape index (κ2) is 8.67. The van der Waals surface area contributed by atoms with Gasteiger partial charge in [-0.25, -0.2) is 9.89 Å². The largest absolute Gasteiger partial charge is 0.444 e. The van der Waals surface area contributed by atoms with Gasteiger partial charge in [-0.2, -0.15) is 10.2 Å². The second-order valence-electron chi connectivity index (χ2n) is 11.0. The minimum Gasteiger partial charge on any atom is -0.444 e. The lowest BCUT2D eigenvalue weighted by Crippen LogP contribution is -2.32. The number of carbonyl (C=O) groups is 2. The molecule has 2 amide bonds. The van der Waals surface area contributed by atoms with Gasteiger partial charge in [-0.1, -0.05) is 23.7 Å². The van der Waals surface area contributed by atoms with Crippen molar-refractivity contribution < 1.29 is 14.3 Å². The number of rotatable bonds is 4. The summed E-state index contributed by atoms with van der Waals surface area (Å²) in [6, 6.07) is 10.9. The van der Waals surface area contributed by atoms with Crippen LogP contribution < -0.4 is 15.8 Å². The number of aromatic amines is 1. The van der Waals surface area contributed by atoms with E-state index in [9.17, 15) is 14.4 Å². The molecule has 1 aliphatic carbocycles. The van der Waals surface area contributed by atoms with Crippen LogP contribution in [0.2, 0.25) is 5.02 Å². The van der Waals surface area contributed by atoms with Crippen molar-refractivity contribution in [3.05, 3.63) is 69.2 Å². The molecule has 1 fully saturated rings. The van der Waals surface area contributed by atoms with Crippen molar-refractivity contribution in [1.29, 1.82) is 0 Å². The quantitative estimate of drug-likeness (QED) is 0.382. The van der Waals surface area contributed by atoms with Crippen molar-refractivity contribution in [1.82, 2.24) is 25.3 Å². The highest BCUT2D eigenvalue weighted by Gasteiger charge is 2.60. The Kier molecular flexibility index (Phi) is 5.58. The van der Waals surface area contributed by atoms with E-state index in [1.54, 1.807) is 49.7 Å². The molecule has 2 N–H and O–H groups in total. The number of aromatic nitrogens is 4. The van der Waals surface area contributed by atoms with Gasteiger partial charge in [0.05, 0.1) is 34.9 Å². The molecule has 2 aromatic carbocycles. The number of ether oxygens (including phenoxy) is 1. The lowest BCUT2D eigenvalue weighted by Gasteiger charge is -2.21. The number of halogens is 1. The normalized spacial score (nSPS) is 15.6. The van der Waals surface area contributed by atoms with E-state index in [0.717, 1.165) is 29.7 Å². The summed E-state index contributed by atoms with van der Waals surface area (Å²) in [6.07, 6.45) is 2.70. The third kappa shape index (κ3) is 4.15. The predicted octanol–water partition coefficient (Wildman–Crippen LogP) is 4.71. The average molecular weight is 547 g/mol. The number of alkyl carbamates (subject to hydrolysis) is 1. The van der Waals surface area contributed by atoms with Crippen LogP contribution in [-0.4, -0.2) is 37.6 Å². The number of fused-ring (bicyclic) bond motifs is 3. The minimum absolute atomic E-state index is 0.00534. The standard InChI is InChI=1S/C28H27ClN6O4/c1-27(2,3)39-26(38)30-14-21-18-11-15(5-7-17(18)23(36)33-32-21)19-13-31-34(4)24(19)35-22-12-16(29)6-8-20(22)28(9-10-28)25(35)37/h5-8,11-13H,9-10,14H2,1-4H3,(H,30,38)(H,33,36). The Morgan fingerprint density at radius 2 is 1.92 bits per heavy atom. The molecule has 4 aromatic rings. The van der Waals surface area contributed by atoms with Crippen LogP contribution in [0.1, 0.15) is 44.9 Å². The number of benzene rings is 2. The van der Waals surface area contributed by atoms with Gasteiger partial charge < -0.3 is 10.1 Å². The van der Waals surface area contributed by atoms with Crippen LogP contribution >= 0.6 is 11.6 Å². The Hall–Kier alpha value is -4.18. The summed E-state index contributed by atoms with van der Waals surface area (Å²) in [5.74, 6) is 0.614. The van der Waals surface area contributed by atoms with Crippen molar-refractivity contribution in [2.24, 2.45) is 7.05 Å². The molecule has 0 unspecified atom stereocenters. The predicted molar refractivity (Wildman–Crippen MR) is 147 cm³/mol. The fourth-order valence-corrected chi connectivity index (χ4v) is 5.41. The van der Waals surface area contributed by atoms with Crippen molar-refractivity contribution >= 4 is 45.9 Å². The van der Waals surface area contributed by atoms with Gasteiger partial charge in [0.1, 0.15) is 11.4 Å². The van der Waals surface area contributed by atoms with Gasteiger partial charge in [-0.3, -0.25) is 19.2 Å². The zero-order chi connectivity index (χ0) is 27.7. The zero-order valence-corrected chi connectivity index (χ0v) is 22.7. The maximum Gasteiger partial charge on any atom is 0.407 e. The highest BCUT2D eigenvalue weighted by Crippen LogP contribution is 2.60. The Morgan fingerprint density at radius 1 is 1.15 bits per heavy atom. The van der Waals surface area contributed by atoms with E-state index in [1.165, 1.54) is 0 Å². The first kappa shape index (κ1) is 25.1. The molecular weight excluding hydrogens is 520 g/mol. The SMILES string of the molecule is Cn1ncc(-c2ccc3c(=O)[nH]nc(CNC(=O)OC(C)(C)C)c3c2)c1N1C(=O)C2(CC2)c2ccc(Cl)cc21. The monoisotopic (exact) mass is 546 g/mol. The van der Waals surface area contributed by atoms with Crippen LogP contribution in [0.5, 0.6) is 0 Å². The molecule has 3 heterocycles. The number of nitrogens with one attached hydrogen (secondary N) is 2. The van der Waals surface area contributed by atoms with E-state index < -0.39 is 17.1 Å². The highest BCUT2D eigenvalue weighted by atomic mass is 35.5. The fraction of sp³-hybridized carbons (Fsp3) is 0.321. The number of nitrogens with zero attached hydrogens (tertiary/aromatic N) is 4. The third-order valence-electron chi connectivity index (χ3n) is 7.18. The lowest BCUT2D eigenvalue weighted by atomic mass is 9.98. The zero-order valence-electron chi connectivity index (χ0n) is 22.0. The molecule has 1 aliphatic heterocycles. The summed E-state index contributed by atoms with van der Waals surface area (Å²) in [4.78, 5) is 40.3. The number of H-pyrrole nitrogens is 1. The van der Waals surface area contributed by atoms with Gasteiger partial charge in [0.2, 0.25) is 5.91 Å². The number of hydrogen-bond acceptors (Lipinski definition) is 6. The summed E-state index contributed by atoms with van der Waals surface area (Å²) >= 11 is 6.35. The summed E-state index contributed by atoms with van der Waals surface area (Å²) < 4.78 is 7.00. The topological polar surface area (TPSA) is 122 Å². The summed E-state index contributed by atoms with van der Waals surface area (Å²) in [6.45, 7) is 5.38. The molecule has 0 saturated heterocycles. The molecule has 1 saturated carbocycles. The molecule has 2 aromatic heterocycles. The van der Waals surface area contributed by atoms with Crippen molar-refractivity contribution in [3.8, 4) is 11.1 Å². The first-order valence-corrected chi connectivity index (χ1v) is 13.0. The van der Waals surface area contributed by atoms with Crippen molar-refractivity contribution in [2.75, 3.05) is 4.90 Å². The summed E-state index contributed by atoms with van der Waals surface area (Å²) in [7, 11) is 1.79. The van der Waals surface area contributed by atoms with Gasteiger partial charge in [0.25, 0.3) is 5.56 Å². The molecule has 10 nitrogen and oxygen atoms in total. The molecule has 200 valence electrons. The highest BCUT2D eigenvalue weighted by molar-refractivity contribution is 6.31. The van der Waals surface area contributed by atoms with E-state index in [4.69, 9.17) is 16.3 Å².